The van der Waals surface area contributed by atoms with Gasteiger partial charge in [0.25, 0.3) is 5.91 Å². The van der Waals surface area contributed by atoms with Crippen LogP contribution in [0.5, 0.6) is 11.5 Å². The van der Waals surface area contributed by atoms with Crippen LogP contribution in [0.25, 0.3) is 0 Å². The van der Waals surface area contributed by atoms with Crippen molar-refractivity contribution in [3.05, 3.63) is 58.6 Å². The van der Waals surface area contributed by atoms with Crippen LogP contribution < -0.4 is 14.8 Å². The van der Waals surface area contributed by atoms with Crippen LogP contribution >= 0.6 is 15.9 Å². The summed E-state index contributed by atoms with van der Waals surface area (Å²) in [6.07, 6.45) is -0.294. The van der Waals surface area contributed by atoms with Gasteiger partial charge in [-0.15, -0.1) is 0 Å². The number of para-hydroxylation sites is 2. The first-order valence-corrected chi connectivity index (χ1v) is 8.49. The summed E-state index contributed by atoms with van der Waals surface area (Å²) in [6, 6.07) is 14.2. The van der Waals surface area contributed by atoms with Gasteiger partial charge in [0.1, 0.15) is 12.7 Å². The van der Waals surface area contributed by atoms with Gasteiger partial charge in [0.15, 0.2) is 18.1 Å². The van der Waals surface area contributed by atoms with Gasteiger partial charge in [0.2, 0.25) is 0 Å². The molecular formula is C18H16BrNO5. The van der Waals surface area contributed by atoms with E-state index in [1.807, 2.05) is 24.3 Å². The average Bonchev–Trinajstić information content (AvgIpc) is 2.64. The molecule has 1 aliphatic rings. The van der Waals surface area contributed by atoms with Gasteiger partial charge in [-0.25, -0.2) is 4.79 Å². The fourth-order valence-corrected chi connectivity index (χ4v) is 2.72. The van der Waals surface area contributed by atoms with Gasteiger partial charge in [-0.2, -0.15) is 0 Å². The molecule has 0 saturated carbocycles. The second-order valence-corrected chi connectivity index (χ2v) is 6.21. The molecule has 0 bridgehead atoms. The van der Waals surface area contributed by atoms with Gasteiger partial charge in [-0.1, -0.05) is 24.3 Å². The molecule has 1 aliphatic heterocycles. The van der Waals surface area contributed by atoms with E-state index in [0.29, 0.717) is 28.1 Å². The van der Waals surface area contributed by atoms with Gasteiger partial charge < -0.3 is 19.5 Å². The van der Waals surface area contributed by atoms with Crippen molar-refractivity contribution in [3.8, 4) is 11.5 Å². The standard InChI is InChI=1S/C18H16BrNO5/c19-14-6-2-1-5-13(14)18(22)24-11-17(21)20-9-12-10-23-15-7-3-4-8-16(15)25-12/h1-8,12H,9-11H2,(H,20,21)/t12-/m0/s1. The van der Waals surface area contributed by atoms with E-state index in [9.17, 15) is 9.59 Å². The Labute approximate surface area is 153 Å². The number of hydrogen-bond acceptors (Lipinski definition) is 5. The predicted octanol–water partition coefficient (Wildman–Crippen LogP) is 2.56. The highest BCUT2D eigenvalue weighted by Gasteiger charge is 2.21. The van der Waals surface area contributed by atoms with Gasteiger partial charge in [-0.3, -0.25) is 4.79 Å². The Morgan fingerprint density at radius 1 is 1.12 bits per heavy atom. The number of ether oxygens (including phenoxy) is 3. The number of halogens is 1. The molecule has 0 unspecified atom stereocenters. The lowest BCUT2D eigenvalue weighted by atomic mass is 10.2. The molecule has 0 fully saturated rings. The van der Waals surface area contributed by atoms with Crippen molar-refractivity contribution in [2.45, 2.75) is 6.10 Å². The number of rotatable bonds is 5. The number of fused-ring (bicyclic) bond motifs is 1. The highest BCUT2D eigenvalue weighted by atomic mass is 79.9. The third-order valence-corrected chi connectivity index (χ3v) is 4.21. The maximum Gasteiger partial charge on any atom is 0.339 e. The summed E-state index contributed by atoms with van der Waals surface area (Å²) in [5.41, 5.74) is 0.371. The maximum atomic E-state index is 11.9. The van der Waals surface area contributed by atoms with Gasteiger partial charge in [-0.05, 0) is 40.2 Å². The molecule has 2 aromatic rings. The molecule has 0 spiro atoms. The summed E-state index contributed by atoms with van der Waals surface area (Å²) in [4.78, 5) is 23.8. The summed E-state index contributed by atoms with van der Waals surface area (Å²) in [5.74, 6) is 0.373. The minimum atomic E-state index is -0.561. The van der Waals surface area contributed by atoms with Crippen molar-refractivity contribution in [3.63, 3.8) is 0 Å². The number of hydrogen-bond donors (Lipinski definition) is 1. The molecule has 130 valence electrons. The van der Waals surface area contributed by atoms with E-state index >= 15 is 0 Å². The van der Waals surface area contributed by atoms with Crippen LogP contribution in [0, 0.1) is 0 Å². The van der Waals surface area contributed by atoms with Crippen molar-refractivity contribution in [2.24, 2.45) is 0 Å². The van der Waals surface area contributed by atoms with E-state index in [1.54, 1.807) is 24.3 Å². The third kappa shape index (κ3) is 4.51. The second kappa shape index (κ2) is 8.02. The largest absolute Gasteiger partial charge is 0.486 e. The molecule has 3 rings (SSSR count). The summed E-state index contributed by atoms with van der Waals surface area (Å²) in [7, 11) is 0. The lowest BCUT2D eigenvalue weighted by Crippen LogP contribution is -2.42. The van der Waals surface area contributed by atoms with Gasteiger partial charge in [0.05, 0.1) is 12.1 Å². The number of carbonyl (C=O) groups is 2. The summed E-state index contributed by atoms with van der Waals surface area (Å²) in [5, 5.41) is 2.67. The minimum absolute atomic E-state index is 0.264. The van der Waals surface area contributed by atoms with Crippen molar-refractivity contribution in [1.29, 1.82) is 0 Å². The molecule has 0 radical (unpaired) electrons. The molecule has 0 aromatic heterocycles. The average molecular weight is 406 g/mol. The molecule has 7 heteroatoms. The van der Waals surface area contributed by atoms with Crippen LogP contribution in [-0.2, 0) is 9.53 Å². The minimum Gasteiger partial charge on any atom is -0.486 e. The second-order valence-electron chi connectivity index (χ2n) is 5.36. The molecule has 1 N–H and O–H groups in total. The molecule has 1 amide bonds. The van der Waals surface area contributed by atoms with E-state index in [2.05, 4.69) is 21.2 Å². The lowest BCUT2D eigenvalue weighted by Gasteiger charge is -2.26. The van der Waals surface area contributed by atoms with Crippen molar-refractivity contribution < 1.29 is 23.8 Å². The fourth-order valence-electron chi connectivity index (χ4n) is 2.28. The summed E-state index contributed by atoms with van der Waals surface area (Å²) >= 11 is 3.27. The Hall–Kier alpha value is -2.54. The van der Waals surface area contributed by atoms with Crippen molar-refractivity contribution in [1.82, 2.24) is 5.32 Å². The van der Waals surface area contributed by atoms with Crippen LogP contribution in [0.2, 0.25) is 0 Å². The summed E-state index contributed by atoms with van der Waals surface area (Å²) in [6.45, 7) is 0.248. The first kappa shape index (κ1) is 17.3. The number of amides is 1. The Kier molecular flexibility index (Phi) is 5.55. The van der Waals surface area contributed by atoms with Crippen LogP contribution in [0.3, 0.4) is 0 Å². The van der Waals surface area contributed by atoms with Crippen molar-refractivity contribution >= 4 is 27.8 Å². The zero-order valence-corrected chi connectivity index (χ0v) is 14.8. The molecule has 25 heavy (non-hydrogen) atoms. The van der Waals surface area contributed by atoms with Crippen LogP contribution in [0.15, 0.2) is 53.0 Å². The monoisotopic (exact) mass is 405 g/mol. The van der Waals surface area contributed by atoms with E-state index in [1.165, 1.54) is 0 Å². The zero-order chi connectivity index (χ0) is 17.6. The van der Waals surface area contributed by atoms with Gasteiger partial charge in [0, 0.05) is 4.47 Å². The first-order valence-electron chi connectivity index (χ1n) is 7.70. The predicted molar refractivity (Wildman–Crippen MR) is 93.8 cm³/mol. The zero-order valence-electron chi connectivity index (χ0n) is 13.2. The Morgan fingerprint density at radius 2 is 1.84 bits per heavy atom. The molecule has 0 saturated heterocycles. The summed E-state index contributed by atoms with van der Waals surface area (Å²) < 4.78 is 16.9. The quantitative estimate of drug-likeness (QED) is 0.773. The maximum absolute atomic E-state index is 11.9. The highest BCUT2D eigenvalue weighted by Crippen LogP contribution is 2.30. The lowest BCUT2D eigenvalue weighted by molar-refractivity contribution is -0.124. The fraction of sp³-hybridized carbons (Fsp3) is 0.222. The van der Waals surface area contributed by atoms with E-state index in [4.69, 9.17) is 14.2 Å². The SMILES string of the molecule is O=C(COC(=O)c1ccccc1Br)NC[C@H]1COc2ccccc2O1. The smallest absolute Gasteiger partial charge is 0.339 e. The third-order valence-electron chi connectivity index (χ3n) is 3.52. The number of carbonyl (C=O) groups excluding carboxylic acids is 2. The molecule has 1 heterocycles. The Morgan fingerprint density at radius 3 is 2.64 bits per heavy atom. The van der Waals surface area contributed by atoms with Gasteiger partial charge >= 0.3 is 5.97 Å². The van der Waals surface area contributed by atoms with E-state index in [0.717, 1.165) is 0 Å². The van der Waals surface area contributed by atoms with Crippen molar-refractivity contribution in [2.75, 3.05) is 19.8 Å². The normalized spacial score (nSPS) is 15.3. The molecular weight excluding hydrogens is 390 g/mol. The van der Waals surface area contributed by atoms with Crippen LogP contribution in [-0.4, -0.2) is 37.7 Å². The number of nitrogens with one attached hydrogen (secondary N) is 1. The van der Waals surface area contributed by atoms with Crippen LogP contribution in [0.4, 0.5) is 0 Å². The number of benzene rings is 2. The molecule has 0 aliphatic carbocycles. The topological polar surface area (TPSA) is 73.9 Å². The highest BCUT2D eigenvalue weighted by molar-refractivity contribution is 9.10. The Bertz CT molecular complexity index is 780. The van der Waals surface area contributed by atoms with E-state index in [-0.39, 0.29) is 19.3 Å². The molecule has 2 aromatic carbocycles. The van der Waals surface area contributed by atoms with E-state index < -0.39 is 11.9 Å². The number of esters is 1. The Balaban J connectivity index is 1.43. The first-order chi connectivity index (χ1) is 12.1. The van der Waals surface area contributed by atoms with Crippen LogP contribution in [0.1, 0.15) is 10.4 Å². The molecule has 6 nitrogen and oxygen atoms in total. The molecule has 1 atom stereocenters.